The van der Waals surface area contributed by atoms with Crippen molar-refractivity contribution in [3.05, 3.63) is 78.9 Å². The summed E-state index contributed by atoms with van der Waals surface area (Å²) < 4.78 is 17.4. The van der Waals surface area contributed by atoms with Crippen molar-refractivity contribution in [1.29, 1.82) is 0 Å². The largest absolute Gasteiger partial charge is 0.494 e. The zero-order chi connectivity index (χ0) is 18.5. The van der Waals surface area contributed by atoms with E-state index in [0.717, 1.165) is 28.4 Å². The Kier molecular flexibility index (Phi) is 4.97. The molecule has 3 aromatic heterocycles. The molecule has 0 atom stereocenters. The van der Waals surface area contributed by atoms with Crippen molar-refractivity contribution < 1.29 is 13.6 Å². The summed E-state index contributed by atoms with van der Waals surface area (Å²) in [4.78, 5) is 10.6. The van der Waals surface area contributed by atoms with Gasteiger partial charge in [-0.15, -0.1) is 0 Å². The van der Waals surface area contributed by atoms with Crippen LogP contribution in [-0.2, 0) is 19.6 Å². The first-order chi connectivity index (χ1) is 13.3. The lowest BCUT2D eigenvalue weighted by Gasteiger charge is -2.19. The summed E-state index contributed by atoms with van der Waals surface area (Å²) in [5.74, 6) is 0.772. The Morgan fingerprint density at radius 1 is 1.00 bits per heavy atom. The Bertz CT molecular complexity index is 927. The van der Waals surface area contributed by atoms with Crippen LogP contribution in [0.2, 0.25) is 0 Å². The average Bonchev–Trinajstić information content (AvgIpc) is 3.45. The molecule has 0 spiro atoms. The summed E-state index contributed by atoms with van der Waals surface area (Å²) in [6.07, 6.45) is 10.0. The summed E-state index contributed by atoms with van der Waals surface area (Å²) in [5.41, 5.74) is 3.67. The van der Waals surface area contributed by atoms with Crippen molar-refractivity contribution >= 4 is 0 Å². The summed E-state index contributed by atoms with van der Waals surface area (Å²) in [5, 5.41) is 4.48. The molecule has 138 valence electrons. The van der Waals surface area contributed by atoms with Crippen molar-refractivity contribution in [2.24, 2.45) is 0 Å². The van der Waals surface area contributed by atoms with Crippen molar-refractivity contribution in [2.75, 3.05) is 7.11 Å². The van der Waals surface area contributed by atoms with Gasteiger partial charge < -0.3 is 13.6 Å². The van der Waals surface area contributed by atoms with Crippen molar-refractivity contribution in [3.8, 4) is 11.4 Å². The van der Waals surface area contributed by atoms with Gasteiger partial charge >= 0.3 is 0 Å². The SMILES string of the molecule is COc1ccccc1-n1cc(CN(Cc2cocn2)Cc2cocn2)cn1. The molecule has 0 aliphatic carbocycles. The number of benzene rings is 1. The second-order valence-corrected chi connectivity index (χ2v) is 6.07. The third-order valence-corrected chi connectivity index (χ3v) is 4.11. The van der Waals surface area contributed by atoms with Crippen molar-refractivity contribution in [3.63, 3.8) is 0 Å². The lowest BCUT2D eigenvalue weighted by molar-refractivity contribution is 0.241. The fourth-order valence-corrected chi connectivity index (χ4v) is 2.91. The Balaban J connectivity index is 1.53. The van der Waals surface area contributed by atoms with Crippen LogP contribution in [0.3, 0.4) is 0 Å². The highest BCUT2D eigenvalue weighted by Crippen LogP contribution is 2.22. The van der Waals surface area contributed by atoms with E-state index in [1.165, 1.54) is 12.8 Å². The minimum Gasteiger partial charge on any atom is -0.494 e. The van der Waals surface area contributed by atoms with Crippen LogP contribution in [0, 0.1) is 0 Å². The van der Waals surface area contributed by atoms with Gasteiger partial charge in [0.1, 0.15) is 24.0 Å². The maximum absolute atomic E-state index is 5.42. The van der Waals surface area contributed by atoms with Crippen LogP contribution < -0.4 is 4.74 Å². The number of hydrogen-bond donors (Lipinski definition) is 0. The van der Waals surface area contributed by atoms with Gasteiger partial charge in [0, 0.05) is 31.4 Å². The topological polar surface area (TPSA) is 82.4 Å². The fraction of sp³-hybridized carbons (Fsp3) is 0.211. The maximum Gasteiger partial charge on any atom is 0.180 e. The van der Waals surface area contributed by atoms with E-state index >= 15 is 0 Å². The maximum atomic E-state index is 5.42. The second-order valence-electron chi connectivity index (χ2n) is 6.07. The molecule has 0 saturated heterocycles. The standard InChI is InChI=1S/C19H19N5O3/c1-25-19-5-3-2-4-18(19)24-8-15(6-22-24)7-23(9-16-11-26-13-20-16)10-17-12-27-14-21-17/h2-6,8,11-14H,7,9-10H2,1H3. The Hall–Kier alpha value is -3.39. The van der Waals surface area contributed by atoms with Gasteiger partial charge in [-0.05, 0) is 12.1 Å². The summed E-state index contributed by atoms with van der Waals surface area (Å²) in [6, 6.07) is 7.78. The summed E-state index contributed by atoms with van der Waals surface area (Å²) >= 11 is 0. The molecular weight excluding hydrogens is 346 g/mol. The number of aromatic nitrogens is 4. The first-order valence-corrected chi connectivity index (χ1v) is 8.45. The van der Waals surface area contributed by atoms with E-state index in [4.69, 9.17) is 13.6 Å². The predicted octanol–water partition coefficient (Wildman–Crippen LogP) is 3.06. The van der Waals surface area contributed by atoms with E-state index in [1.54, 1.807) is 19.6 Å². The van der Waals surface area contributed by atoms with Crippen LogP contribution in [0.5, 0.6) is 5.75 Å². The normalized spacial score (nSPS) is 11.2. The highest BCUT2D eigenvalue weighted by molar-refractivity contribution is 5.46. The van der Waals surface area contributed by atoms with E-state index in [0.29, 0.717) is 19.6 Å². The Morgan fingerprint density at radius 3 is 2.33 bits per heavy atom. The number of nitrogens with zero attached hydrogens (tertiary/aromatic N) is 5. The minimum absolute atomic E-state index is 0.628. The Labute approximate surface area is 156 Å². The summed E-state index contributed by atoms with van der Waals surface area (Å²) in [6.45, 7) is 1.93. The number of hydrogen-bond acceptors (Lipinski definition) is 7. The van der Waals surface area contributed by atoms with Gasteiger partial charge in [-0.25, -0.2) is 14.6 Å². The van der Waals surface area contributed by atoms with E-state index in [1.807, 2.05) is 41.3 Å². The van der Waals surface area contributed by atoms with E-state index < -0.39 is 0 Å². The molecule has 0 radical (unpaired) electrons. The Morgan fingerprint density at radius 2 is 1.70 bits per heavy atom. The molecule has 4 aromatic rings. The molecule has 3 heterocycles. The molecule has 0 bridgehead atoms. The van der Waals surface area contributed by atoms with Gasteiger partial charge in [0.25, 0.3) is 0 Å². The van der Waals surface area contributed by atoms with Gasteiger partial charge in [0.15, 0.2) is 12.8 Å². The molecular formula is C19H19N5O3. The van der Waals surface area contributed by atoms with E-state index in [9.17, 15) is 0 Å². The first-order valence-electron chi connectivity index (χ1n) is 8.45. The number of oxazole rings is 2. The molecule has 0 saturated carbocycles. The van der Waals surface area contributed by atoms with Crippen LogP contribution in [0.15, 0.2) is 70.8 Å². The average molecular weight is 365 g/mol. The molecule has 8 nitrogen and oxygen atoms in total. The fourth-order valence-electron chi connectivity index (χ4n) is 2.91. The van der Waals surface area contributed by atoms with E-state index in [2.05, 4.69) is 20.0 Å². The first kappa shape index (κ1) is 17.0. The van der Waals surface area contributed by atoms with Crippen LogP contribution in [0.1, 0.15) is 17.0 Å². The molecule has 27 heavy (non-hydrogen) atoms. The molecule has 8 heteroatoms. The lowest BCUT2D eigenvalue weighted by atomic mass is 10.2. The van der Waals surface area contributed by atoms with Crippen molar-refractivity contribution in [2.45, 2.75) is 19.6 Å². The molecule has 0 N–H and O–H groups in total. The lowest BCUT2D eigenvalue weighted by Crippen LogP contribution is -2.22. The van der Waals surface area contributed by atoms with Crippen LogP contribution in [0.4, 0.5) is 0 Å². The zero-order valence-corrected chi connectivity index (χ0v) is 14.9. The van der Waals surface area contributed by atoms with Gasteiger partial charge in [-0.3, -0.25) is 4.90 Å². The molecule has 4 rings (SSSR count). The van der Waals surface area contributed by atoms with Crippen LogP contribution in [-0.4, -0.2) is 31.8 Å². The third-order valence-electron chi connectivity index (χ3n) is 4.11. The molecule has 0 fully saturated rings. The summed E-state index contributed by atoms with van der Waals surface area (Å²) in [7, 11) is 1.65. The zero-order valence-electron chi connectivity index (χ0n) is 14.9. The smallest absolute Gasteiger partial charge is 0.180 e. The molecule has 0 aliphatic heterocycles. The van der Waals surface area contributed by atoms with Crippen molar-refractivity contribution in [1.82, 2.24) is 24.6 Å². The highest BCUT2D eigenvalue weighted by Gasteiger charge is 2.14. The number of rotatable bonds is 8. The molecule has 0 amide bonds. The van der Waals surface area contributed by atoms with Gasteiger partial charge in [-0.1, -0.05) is 12.1 Å². The van der Waals surface area contributed by atoms with Gasteiger partial charge in [0.2, 0.25) is 0 Å². The van der Waals surface area contributed by atoms with Crippen LogP contribution >= 0.6 is 0 Å². The number of ether oxygens (including phenoxy) is 1. The monoisotopic (exact) mass is 365 g/mol. The van der Waals surface area contributed by atoms with Gasteiger partial charge in [0.05, 0.1) is 24.7 Å². The molecule has 0 unspecified atom stereocenters. The van der Waals surface area contributed by atoms with Crippen LogP contribution in [0.25, 0.3) is 5.69 Å². The molecule has 0 aliphatic rings. The third kappa shape index (κ3) is 4.06. The van der Waals surface area contributed by atoms with Gasteiger partial charge in [-0.2, -0.15) is 5.10 Å². The molecule has 1 aromatic carbocycles. The predicted molar refractivity (Wildman–Crippen MR) is 96.1 cm³/mol. The second kappa shape index (κ2) is 7.88. The highest BCUT2D eigenvalue weighted by atomic mass is 16.5. The number of methoxy groups -OCH3 is 1. The van der Waals surface area contributed by atoms with E-state index in [-0.39, 0.29) is 0 Å². The minimum atomic E-state index is 0.628. The number of para-hydroxylation sites is 2. The quantitative estimate of drug-likeness (QED) is 0.474.